The zero-order valence-corrected chi connectivity index (χ0v) is 9.53. The summed E-state index contributed by atoms with van der Waals surface area (Å²) in [4.78, 5) is 0. The highest BCUT2D eigenvalue weighted by atomic mass is 16.4. The first-order valence-electron chi connectivity index (χ1n) is 5.31. The minimum absolute atomic E-state index is 0.522. The van der Waals surface area contributed by atoms with Gasteiger partial charge in [-0.05, 0) is 25.5 Å². The van der Waals surface area contributed by atoms with Crippen LogP contribution < -0.4 is 5.73 Å². The highest BCUT2D eigenvalue weighted by Crippen LogP contribution is 2.23. The number of hydrogen-bond donors (Lipinski definition) is 1. The standard InChI is InChI=1S/C12H15N3O/c1-8-3-4-9(2)10(7-8)12-15-14-11(16-12)5-6-13/h3-4,7H,5-6,13H2,1-2H3. The van der Waals surface area contributed by atoms with E-state index in [1.54, 1.807) is 0 Å². The molecule has 16 heavy (non-hydrogen) atoms. The van der Waals surface area contributed by atoms with E-state index < -0.39 is 0 Å². The largest absolute Gasteiger partial charge is 0.421 e. The molecule has 1 aromatic heterocycles. The van der Waals surface area contributed by atoms with Crippen molar-refractivity contribution in [1.29, 1.82) is 0 Å². The molecule has 2 aromatic rings. The Hall–Kier alpha value is -1.68. The van der Waals surface area contributed by atoms with Crippen LogP contribution in [0.2, 0.25) is 0 Å². The molecule has 0 saturated heterocycles. The van der Waals surface area contributed by atoms with Gasteiger partial charge in [0.15, 0.2) is 0 Å². The Morgan fingerprint density at radius 2 is 2.06 bits per heavy atom. The van der Waals surface area contributed by atoms with Crippen molar-refractivity contribution in [2.75, 3.05) is 6.54 Å². The molecule has 2 rings (SSSR count). The number of aryl methyl sites for hydroxylation is 2. The summed E-state index contributed by atoms with van der Waals surface area (Å²) in [6.45, 7) is 4.59. The lowest BCUT2D eigenvalue weighted by Gasteiger charge is -2.01. The zero-order valence-electron chi connectivity index (χ0n) is 9.53. The summed E-state index contributed by atoms with van der Waals surface area (Å²) in [6, 6.07) is 6.17. The molecule has 0 aliphatic carbocycles. The fraction of sp³-hybridized carbons (Fsp3) is 0.333. The Labute approximate surface area is 94.5 Å². The van der Waals surface area contributed by atoms with Gasteiger partial charge in [-0.15, -0.1) is 10.2 Å². The molecular formula is C12H15N3O. The first-order valence-corrected chi connectivity index (χ1v) is 5.31. The summed E-state index contributed by atoms with van der Waals surface area (Å²) in [7, 11) is 0. The Balaban J connectivity index is 2.38. The van der Waals surface area contributed by atoms with E-state index in [1.807, 2.05) is 13.8 Å². The molecule has 2 N–H and O–H groups in total. The van der Waals surface area contributed by atoms with Gasteiger partial charge in [0.05, 0.1) is 0 Å². The second-order valence-electron chi connectivity index (χ2n) is 3.86. The van der Waals surface area contributed by atoms with Crippen molar-refractivity contribution >= 4 is 0 Å². The van der Waals surface area contributed by atoms with Crippen LogP contribution in [0.5, 0.6) is 0 Å². The highest BCUT2D eigenvalue weighted by Gasteiger charge is 2.10. The molecule has 0 bridgehead atoms. The van der Waals surface area contributed by atoms with Crippen LogP contribution in [0.25, 0.3) is 11.5 Å². The molecule has 0 unspecified atom stereocenters. The molecule has 0 spiro atoms. The zero-order chi connectivity index (χ0) is 11.5. The molecule has 0 atom stereocenters. The Bertz CT molecular complexity index is 491. The molecule has 0 aliphatic rings. The van der Waals surface area contributed by atoms with Crippen LogP contribution in [-0.2, 0) is 6.42 Å². The van der Waals surface area contributed by atoms with Gasteiger partial charge in [-0.25, -0.2) is 0 Å². The maximum absolute atomic E-state index is 5.54. The first-order chi connectivity index (χ1) is 7.70. The number of rotatable bonds is 3. The summed E-state index contributed by atoms with van der Waals surface area (Å²) in [5.41, 5.74) is 8.74. The van der Waals surface area contributed by atoms with Gasteiger partial charge in [-0.1, -0.05) is 17.7 Å². The molecule has 84 valence electrons. The molecule has 4 nitrogen and oxygen atoms in total. The number of hydrogen-bond acceptors (Lipinski definition) is 4. The molecule has 1 heterocycles. The summed E-state index contributed by atoms with van der Waals surface area (Å²) in [6.07, 6.45) is 0.623. The van der Waals surface area contributed by atoms with E-state index >= 15 is 0 Å². The molecular weight excluding hydrogens is 202 g/mol. The van der Waals surface area contributed by atoms with Gasteiger partial charge in [-0.2, -0.15) is 0 Å². The van der Waals surface area contributed by atoms with Crippen LogP contribution >= 0.6 is 0 Å². The molecule has 0 saturated carbocycles. The molecule has 0 amide bonds. The monoisotopic (exact) mass is 217 g/mol. The van der Waals surface area contributed by atoms with Gasteiger partial charge >= 0.3 is 0 Å². The van der Waals surface area contributed by atoms with E-state index in [2.05, 4.69) is 28.4 Å². The van der Waals surface area contributed by atoms with Crippen LogP contribution in [0.3, 0.4) is 0 Å². The van der Waals surface area contributed by atoms with Crippen LogP contribution in [0.4, 0.5) is 0 Å². The minimum Gasteiger partial charge on any atom is -0.421 e. The maximum Gasteiger partial charge on any atom is 0.248 e. The molecule has 4 heteroatoms. The summed E-state index contributed by atoms with van der Waals surface area (Å²) >= 11 is 0. The summed E-state index contributed by atoms with van der Waals surface area (Å²) < 4.78 is 5.54. The van der Waals surface area contributed by atoms with Crippen molar-refractivity contribution in [2.24, 2.45) is 5.73 Å². The van der Waals surface area contributed by atoms with Crippen LogP contribution in [0, 0.1) is 13.8 Å². The number of aromatic nitrogens is 2. The van der Waals surface area contributed by atoms with Gasteiger partial charge in [0.2, 0.25) is 11.8 Å². The Kier molecular flexibility index (Phi) is 3.01. The smallest absolute Gasteiger partial charge is 0.248 e. The van der Waals surface area contributed by atoms with Gasteiger partial charge in [0.25, 0.3) is 0 Å². The third kappa shape index (κ3) is 2.12. The fourth-order valence-electron chi connectivity index (χ4n) is 1.55. The third-order valence-corrected chi connectivity index (χ3v) is 2.45. The Morgan fingerprint density at radius 1 is 1.25 bits per heavy atom. The SMILES string of the molecule is Cc1ccc(C)c(-c2nnc(CCN)o2)c1. The van der Waals surface area contributed by atoms with E-state index in [-0.39, 0.29) is 0 Å². The molecule has 1 aromatic carbocycles. The molecule has 0 fully saturated rings. The van der Waals surface area contributed by atoms with Gasteiger partial charge in [0, 0.05) is 18.5 Å². The Morgan fingerprint density at radius 3 is 2.81 bits per heavy atom. The summed E-state index contributed by atoms with van der Waals surface area (Å²) in [5, 5.41) is 7.99. The van der Waals surface area contributed by atoms with E-state index in [0.717, 1.165) is 11.1 Å². The topological polar surface area (TPSA) is 64.9 Å². The number of nitrogens with two attached hydrogens (primary N) is 1. The second-order valence-corrected chi connectivity index (χ2v) is 3.86. The lowest BCUT2D eigenvalue weighted by Crippen LogP contribution is -2.02. The van der Waals surface area contributed by atoms with Crippen LogP contribution in [0.1, 0.15) is 17.0 Å². The van der Waals surface area contributed by atoms with E-state index in [0.29, 0.717) is 24.7 Å². The molecule has 0 radical (unpaired) electrons. The average Bonchev–Trinajstić information content (AvgIpc) is 2.71. The quantitative estimate of drug-likeness (QED) is 0.852. The van der Waals surface area contributed by atoms with E-state index in [1.165, 1.54) is 5.56 Å². The highest BCUT2D eigenvalue weighted by molar-refractivity contribution is 5.59. The number of nitrogens with zero attached hydrogens (tertiary/aromatic N) is 2. The van der Waals surface area contributed by atoms with Gasteiger partial charge in [-0.3, -0.25) is 0 Å². The van der Waals surface area contributed by atoms with E-state index in [9.17, 15) is 0 Å². The predicted octanol–water partition coefficient (Wildman–Crippen LogP) is 1.85. The summed E-state index contributed by atoms with van der Waals surface area (Å²) in [5.74, 6) is 1.17. The van der Waals surface area contributed by atoms with Crippen molar-refractivity contribution in [2.45, 2.75) is 20.3 Å². The van der Waals surface area contributed by atoms with Crippen molar-refractivity contribution < 1.29 is 4.42 Å². The van der Waals surface area contributed by atoms with Gasteiger partial charge < -0.3 is 10.2 Å². The molecule has 0 aliphatic heterocycles. The van der Waals surface area contributed by atoms with Crippen molar-refractivity contribution in [3.8, 4) is 11.5 Å². The van der Waals surface area contributed by atoms with Crippen molar-refractivity contribution in [3.05, 3.63) is 35.2 Å². The van der Waals surface area contributed by atoms with Crippen molar-refractivity contribution in [3.63, 3.8) is 0 Å². The van der Waals surface area contributed by atoms with E-state index in [4.69, 9.17) is 10.2 Å². The van der Waals surface area contributed by atoms with Crippen molar-refractivity contribution in [1.82, 2.24) is 10.2 Å². The second kappa shape index (κ2) is 4.45. The lowest BCUT2D eigenvalue weighted by atomic mass is 10.1. The third-order valence-electron chi connectivity index (χ3n) is 2.45. The van der Waals surface area contributed by atoms with Gasteiger partial charge in [0.1, 0.15) is 0 Å². The van der Waals surface area contributed by atoms with Crippen LogP contribution in [0.15, 0.2) is 22.6 Å². The lowest BCUT2D eigenvalue weighted by molar-refractivity contribution is 0.507. The number of benzene rings is 1. The maximum atomic E-state index is 5.54. The first kappa shape index (κ1) is 10.8. The predicted molar refractivity (Wildman–Crippen MR) is 62.0 cm³/mol. The minimum atomic E-state index is 0.522. The fourth-order valence-corrected chi connectivity index (χ4v) is 1.55. The normalized spacial score (nSPS) is 10.7. The average molecular weight is 217 g/mol. The van der Waals surface area contributed by atoms with Crippen LogP contribution in [-0.4, -0.2) is 16.7 Å².